The predicted molar refractivity (Wildman–Crippen MR) is 126 cm³/mol. The van der Waals surface area contributed by atoms with Crippen LogP contribution >= 0.6 is 0 Å². The fraction of sp³-hybridized carbons (Fsp3) is 0.400. The summed E-state index contributed by atoms with van der Waals surface area (Å²) in [6.45, 7) is 2.12. The van der Waals surface area contributed by atoms with Crippen molar-refractivity contribution in [2.75, 3.05) is 13.7 Å². The first-order chi connectivity index (χ1) is 17.1. The second-order valence-corrected chi connectivity index (χ2v) is 9.12. The summed E-state index contributed by atoms with van der Waals surface area (Å²) in [6, 6.07) is 9.06. The molecule has 190 valence electrons. The van der Waals surface area contributed by atoms with E-state index in [1.54, 1.807) is 6.07 Å². The van der Waals surface area contributed by atoms with Crippen LogP contribution in [0.5, 0.6) is 11.5 Å². The monoisotopic (exact) mass is 497 g/mol. The topological polar surface area (TPSA) is 159 Å². The number of non-ortho nitro benzene ring substituents is 1. The minimum Gasteiger partial charge on any atom is -0.504 e. The first kappa shape index (κ1) is 25.1. The lowest BCUT2D eigenvalue weighted by Crippen LogP contribution is -2.57. The molecule has 2 heterocycles. The van der Waals surface area contributed by atoms with E-state index in [-0.39, 0.29) is 30.2 Å². The van der Waals surface area contributed by atoms with E-state index in [0.717, 1.165) is 11.3 Å². The number of rotatable bonds is 9. The van der Waals surface area contributed by atoms with Gasteiger partial charge in [0.05, 0.1) is 23.9 Å². The number of carboxylic acids is 1. The number of benzene rings is 2. The maximum atomic E-state index is 13.6. The highest BCUT2D eigenvalue weighted by molar-refractivity contribution is 6.09. The number of hydrogen-bond donors (Lipinski definition) is 3. The van der Waals surface area contributed by atoms with Gasteiger partial charge in [-0.1, -0.05) is 31.5 Å². The number of amides is 2. The number of carbonyl (C=O) groups is 3. The number of likely N-dealkylation sites (tertiary alicyclic amines) is 1. The molecule has 4 unspecified atom stereocenters. The van der Waals surface area contributed by atoms with Crippen LogP contribution in [-0.4, -0.2) is 57.0 Å². The van der Waals surface area contributed by atoms with Gasteiger partial charge in [0.15, 0.2) is 11.5 Å². The third-order valence-electron chi connectivity index (χ3n) is 7.06. The number of hydrogen-bond acceptors (Lipinski definition) is 8. The highest BCUT2D eigenvalue weighted by Gasteiger charge is 2.68. The standard InChI is InChI=1S/C25H27N3O8/c1-3-4-11-27-22(30)19-20(23(27)31)25(24(32)33,13-14-5-8-16(9-6-14)28(34)35)26-21(19)15-7-10-17(29)18(12-15)36-2/h5-10,12,19-21,26,29H,3-4,11,13H2,1-2H3,(H,32,33). The van der Waals surface area contributed by atoms with Crippen molar-refractivity contribution in [2.24, 2.45) is 11.8 Å². The third-order valence-corrected chi connectivity index (χ3v) is 7.06. The first-order valence-electron chi connectivity index (χ1n) is 11.6. The highest BCUT2D eigenvalue weighted by atomic mass is 16.6. The van der Waals surface area contributed by atoms with Crippen molar-refractivity contribution in [1.82, 2.24) is 10.2 Å². The molecule has 3 N–H and O–H groups in total. The van der Waals surface area contributed by atoms with E-state index in [2.05, 4.69) is 5.32 Å². The predicted octanol–water partition coefficient (Wildman–Crippen LogP) is 2.42. The molecular weight excluding hydrogens is 470 g/mol. The van der Waals surface area contributed by atoms with E-state index in [4.69, 9.17) is 4.74 Å². The average Bonchev–Trinajstić information content (AvgIpc) is 3.32. The minimum absolute atomic E-state index is 0.121. The molecule has 0 radical (unpaired) electrons. The number of carboxylic acid groups (broad SMARTS) is 1. The van der Waals surface area contributed by atoms with Crippen LogP contribution < -0.4 is 10.1 Å². The number of nitro benzene ring substituents is 1. The van der Waals surface area contributed by atoms with Gasteiger partial charge in [-0.05, 0) is 29.7 Å². The molecule has 2 aliphatic heterocycles. The van der Waals surface area contributed by atoms with E-state index in [1.807, 2.05) is 6.92 Å². The van der Waals surface area contributed by atoms with Gasteiger partial charge in [-0.25, -0.2) is 0 Å². The summed E-state index contributed by atoms with van der Waals surface area (Å²) >= 11 is 0. The van der Waals surface area contributed by atoms with Crippen molar-refractivity contribution < 1.29 is 34.3 Å². The minimum atomic E-state index is -1.84. The van der Waals surface area contributed by atoms with E-state index in [0.29, 0.717) is 17.5 Å². The van der Waals surface area contributed by atoms with Crippen LogP contribution in [0.1, 0.15) is 36.9 Å². The number of phenolic OH excluding ortho intramolecular Hbond substituents is 1. The van der Waals surface area contributed by atoms with Crippen LogP contribution in [0.15, 0.2) is 42.5 Å². The van der Waals surface area contributed by atoms with Crippen molar-refractivity contribution in [3.05, 3.63) is 63.7 Å². The van der Waals surface area contributed by atoms with Crippen LogP contribution in [0, 0.1) is 22.0 Å². The zero-order valence-corrected chi connectivity index (χ0v) is 19.8. The number of aromatic hydroxyl groups is 1. The summed E-state index contributed by atoms with van der Waals surface area (Å²) < 4.78 is 5.19. The quantitative estimate of drug-likeness (QED) is 0.269. The maximum Gasteiger partial charge on any atom is 0.325 e. The van der Waals surface area contributed by atoms with E-state index < -0.39 is 46.1 Å². The Labute approximate surface area is 206 Å². The van der Waals surface area contributed by atoms with Gasteiger partial charge in [-0.2, -0.15) is 0 Å². The number of fused-ring (bicyclic) bond motifs is 1. The second-order valence-electron chi connectivity index (χ2n) is 9.12. The van der Waals surface area contributed by atoms with E-state index in [9.17, 15) is 34.7 Å². The van der Waals surface area contributed by atoms with Gasteiger partial charge in [0, 0.05) is 31.1 Å². The van der Waals surface area contributed by atoms with E-state index >= 15 is 0 Å². The molecule has 0 bridgehead atoms. The molecule has 2 aliphatic rings. The summed E-state index contributed by atoms with van der Waals surface area (Å²) in [5.74, 6) is -4.46. The molecule has 11 heteroatoms. The molecule has 2 aromatic carbocycles. The third kappa shape index (κ3) is 4.05. The van der Waals surface area contributed by atoms with Crippen molar-refractivity contribution in [3.63, 3.8) is 0 Å². The first-order valence-corrected chi connectivity index (χ1v) is 11.6. The normalized spacial score (nSPS) is 25.2. The average molecular weight is 498 g/mol. The molecule has 2 saturated heterocycles. The number of nitro groups is 1. The van der Waals surface area contributed by atoms with Gasteiger partial charge in [0.2, 0.25) is 11.8 Å². The number of unbranched alkanes of at least 4 members (excludes halogenated alkanes) is 1. The smallest absolute Gasteiger partial charge is 0.325 e. The van der Waals surface area contributed by atoms with Crippen molar-refractivity contribution >= 4 is 23.5 Å². The van der Waals surface area contributed by atoms with Crippen LogP contribution in [0.2, 0.25) is 0 Å². The molecule has 2 amide bonds. The number of ether oxygens (including phenoxy) is 1. The molecule has 11 nitrogen and oxygen atoms in total. The Morgan fingerprint density at radius 2 is 1.89 bits per heavy atom. The lowest BCUT2D eigenvalue weighted by atomic mass is 9.76. The zero-order chi connectivity index (χ0) is 26.2. The SMILES string of the molecule is CCCCN1C(=O)C2C(c3ccc(O)c(OC)c3)NC(Cc3ccc([N+](=O)[O-])cc3)(C(=O)O)C2C1=O. The Morgan fingerprint density at radius 1 is 1.19 bits per heavy atom. The van der Waals surface area contributed by atoms with Crippen molar-refractivity contribution in [2.45, 2.75) is 37.8 Å². The Morgan fingerprint density at radius 3 is 2.47 bits per heavy atom. The maximum absolute atomic E-state index is 13.6. The molecule has 2 aromatic rings. The molecule has 4 atom stereocenters. The van der Waals surface area contributed by atoms with Gasteiger partial charge >= 0.3 is 5.97 Å². The van der Waals surface area contributed by atoms with Gasteiger partial charge < -0.3 is 14.9 Å². The van der Waals surface area contributed by atoms with Crippen molar-refractivity contribution in [1.29, 1.82) is 0 Å². The van der Waals surface area contributed by atoms with Crippen LogP contribution in [-0.2, 0) is 20.8 Å². The number of carbonyl (C=O) groups excluding carboxylic acids is 2. The number of phenols is 1. The Kier molecular flexibility index (Phi) is 6.68. The molecular formula is C25H27N3O8. The summed E-state index contributed by atoms with van der Waals surface area (Å²) in [5, 5.41) is 34.6. The number of methoxy groups -OCH3 is 1. The number of nitrogens with one attached hydrogen (secondary N) is 1. The Hall–Kier alpha value is -3.99. The zero-order valence-electron chi connectivity index (χ0n) is 19.8. The number of aliphatic carboxylic acids is 1. The van der Waals surface area contributed by atoms with Gasteiger partial charge in [0.25, 0.3) is 5.69 Å². The van der Waals surface area contributed by atoms with E-state index in [1.165, 1.54) is 43.5 Å². The fourth-order valence-corrected chi connectivity index (χ4v) is 5.27. The molecule has 2 fully saturated rings. The molecule has 0 aromatic heterocycles. The summed E-state index contributed by atoms with van der Waals surface area (Å²) in [6.07, 6.45) is 1.16. The summed E-state index contributed by atoms with van der Waals surface area (Å²) in [4.78, 5) is 51.6. The van der Waals surface area contributed by atoms with Crippen LogP contribution in [0.4, 0.5) is 5.69 Å². The fourth-order valence-electron chi connectivity index (χ4n) is 5.27. The highest BCUT2D eigenvalue weighted by Crippen LogP contribution is 2.50. The van der Waals surface area contributed by atoms with Crippen molar-refractivity contribution in [3.8, 4) is 11.5 Å². The molecule has 4 rings (SSSR count). The second kappa shape index (κ2) is 9.57. The number of imide groups is 1. The molecule has 0 aliphatic carbocycles. The Balaban J connectivity index is 1.81. The number of nitrogens with zero attached hydrogens (tertiary/aromatic N) is 2. The molecule has 0 saturated carbocycles. The van der Waals surface area contributed by atoms with Gasteiger partial charge in [-0.3, -0.25) is 34.7 Å². The van der Waals surface area contributed by atoms with Gasteiger partial charge in [-0.15, -0.1) is 0 Å². The summed E-state index contributed by atoms with van der Waals surface area (Å²) in [7, 11) is 1.37. The van der Waals surface area contributed by atoms with Crippen LogP contribution in [0.3, 0.4) is 0 Å². The Bertz CT molecular complexity index is 1210. The lowest BCUT2D eigenvalue weighted by Gasteiger charge is -2.31. The lowest BCUT2D eigenvalue weighted by molar-refractivity contribution is -0.384. The van der Waals surface area contributed by atoms with Gasteiger partial charge in [0.1, 0.15) is 5.54 Å². The molecule has 0 spiro atoms. The largest absolute Gasteiger partial charge is 0.504 e. The van der Waals surface area contributed by atoms with Crippen LogP contribution in [0.25, 0.3) is 0 Å². The summed E-state index contributed by atoms with van der Waals surface area (Å²) in [5.41, 5.74) is -1.03. The molecule has 36 heavy (non-hydrogen) atoms.